The Hall–Kier alpha value is -3.05. The lowest BCUT2D eigenvalue weighted by molar-refractivity contribution is -0.385. The Labute approximate surface area is 153 Å². The number of benzene rings is 1. The van der Waals surface area contributed by atoms with Gasteiger partial charge in [0.1, 0.15) is 11.9 Å². The van der Waals surface area contributed by atoms with E-state index in [1.807, 2.05) is 24.3 Å². The normalized spacial score (nSPS) is 15.1. The van der Waals surface area contributed by atoms with Crippen LogP contribution in [0.3, 0.4) is 0 Å². The molecule has 0 aliphatic carbocycles. The number of aromatic nitrogens is 2. The molecular weight excluding hydrogens is 350 g/mol. The zero-order valence-electron chi connectivity index (χ0n) is 13.8. The largest absolute Gasteiger partial charge is 0.357 e. The van der Waals surface area contributed by atoms with Gasteiger partial charge in [-0.15, -0.1) is 11.3 Å². The zero-order valence-corrected chi connectivity index (χ0v) is 14.6. The van der Waals surface area contributed by atoms with Crippen LogP contribution in [0.4, 0.5) is 11.5 Å². The number of thiazole rings is 1. The molecule has 0 bridgehead atoms. The van der Waals surface area contributed by atoms with Gasteiger partial charge in [-0.1, -0.05) is 12.1 Å². The number of anilines is 1. The fourth-order valence-corrected chi connectivity index (χ4v) is 4.40. The lowest BCUT2D eigenvalue weighted by Gasteiger charge is -2.31. The highest BCUT2D eigenvalue weighted by atomic mass is 32.1. The second-order valence-electron chi connectivity index (χ2n) is 6.19. The predicted molar refractivity (Wildman–Crippen MR) is 99.4 cm³/mol. The number of nitrogens with zero attached hydrogens (tertiary/aromatic N) is 5. The number of piperidine rings is 1. The van der Waals surface area contributed by atoms with E-state index in [0.29, 0.717) is 11.7 Å². The number of pyridine rings is 1. The Morgan fingerprint density at radius 1 is 1.19 bits per heavy atom. The summed E-state index contributed by atoms with van der Waals surface area (Å²) < 4.78 is 1.21. The van der Waals surface area contributed by atoms with Gasteiger partial charge in [0.15, 0.2) is 0 Å². The summed E-state index contributed by atoms with van der Waals surface area (Å²) in [6.45, 7) is 1.58. The van der Waals surface area contributed by atoms with Crippen LogP contribution in [0.1, 0.15) is 29.5 Å². The summed E-state index contributed by atoms with van der Waals surface area (Å²) >= 11 is 1.75. The molecule has 0 saturated carbocycles. The third kappa shape index (κ3) is 2.97. The topological polar surface area (TPSA) is 96.0 Å². The van der Waals surface area contributed by atoms with Crippen LogP contribution in [0.2, 0.25) is 0 Å². The van der Waals surface area contributed by atoms with Crippen molar-refractivity contribution in [1.82, 2.24) is 9.97 Å². The number of hydrogen-bond donors (Lipinski definition) is 0. The number of para-hydroxylation sites is 1. The summed E-state index contributed by atoms with van der Waals surface area (Å²) in [7, 11) is 0. The molecule has 2 aromatic heterocycles. The minimum absolute atomic E-state index is 0.138. The van der Waals surface area contributed by atoms with Crippen LogP contribution in [-0.2, 0) is 0 Å². The smallest absolute Gasteiger partial charge is 0.305 e. The molecule has 0 N–H and O–H groups in total. The lowest BCUT2D eigenvalue weighted by atomic mass is 9.97. The molecule has 130 valence electrons. The summed E-state index contributed by atoms with van der Waals surface area (Å²) in [5, 5.41) is 21.2. The van der Waals surface area contributed by atoms with Crippen molar-refractivity contribution in [1.29, 1.82) is 5.26 Å². The van der Waals surface area contributed by atoms with Gasteiger partial charge in [0.25, 0.3) is 0 Å². The van der Waals surface area contributed by atoms with E-state index in [0.717, 1.165) is 31.4 Å². The quantitative estimate of drug-likeness (QED) is 0.516. The third-order valence-electron chi connectivity index (χ3n) is 4.64. The summed E-state index contributed by atoms with van der Waals surface area (Å²) in [4.78, 5) is 21.4. The maximum absolute atomic E-state index is 10.9. The summed E-state index contributed by atoms with van der Waals surface area (Å²) in [6.07, 6.45) is 1.89. The van der Waals surface area contributed by atoms with Crippen LogP contribution in [0.25, 0.3) is 10.2 Å². The van der Waals surface area contributed by atoms with E-state index in [2.05, 4.69) is 16.0 Å². The number of nitro groups is 1. The number of nitriles is 1. The average molecular weight is 365 g/mol. The van der Waals surface area contributed by atoms with E-state index in [4.69, 9.17) is 10.2 Å². The molecule has 0 atom stereocenters. The average Bonchev–Trinajstić information content (AvgIpc) is 3.11. The fraction of sp³-hybridized carbons (Fsp3) is 0.278. The Morgan fingerprint density at radius 3 is 2.65 bits per heavy atom. The van der Waals surface area contributed by atoms with Crippen LogP contribution in [0, 0.1) is 21.4 Å². The highest BCUT2D eigenvalue weighted by Crippen LogP contribution is 2.35. The molecular formula is C18H15N5O2S. The second kappa shape index (κ2) is 6.69. The SMILES string of the molecule is N#Cc1nc(N2CCC(c3nc4ccccc4s3)CC2)ccc1[N+](=O)[O-]. The maximum Gasteiger partial charge on any atom is 0.305 e. The van der Waals surface area contributed by atoms with Crippen molar-refractivity contribution < 1.29 is 4.92 Å². The summed E-state index contributed by atoms with van der Waals surface area (Å²) in [5.74, 6) is 1.03. The highest BCUT2D eigenvalue weighted by molar-refractivity contribution is 7.18. The second-order valence-corrected chi connectivity index (χ2v) is 7.25. The molecule has 0 spiro atoms. The van der Waals surface area contributed by atoms with E-state index < -0.39 is 4.92 Å². The van der Waals surface area contributed by atoms with Gasteiger partial charge < -0.3 is 4.90 Å². The van der Waals surface area contributed by atoms with Gasteiger partial charge in [0, 0.05) is 25.1 Å². The van der Waals surface area contributed by atoms with Crippen molar-refractivity contribution in [2.24, 2.45) is 0 Å². The number of fused-ring (bicyclic) bond motifs is 1. The minimum atomic E-state index is -0.575. The summed E-state index contributed by atoms with van der Waals surface area (Å²) in [6, 6.07) is 13.0. The lowest BCUT2D eigenvalue weighted by Crippen LogP contribution is -2.33. The van der Waals surface area contributed by atoms with Crippen LogP contribution < -0.4 is 4.90 Å². The van der Waals surface area contributed by atoms with Crippen molar-refractivity contribution in [3.05, 3.63) is 57.2 Å². The van der Waals surface area contributed by atoms with Crippen LogP contribution in [-0.4, -0.2) is 28.0 Å². The molecule has 1 fully saturated rings. The van der Waals surface area contributed by atoms with Crippen molar-refractivity contribution in [2.75, 3.05) is 18.0 Å². The third-order valence-corrected chi connectivity index (χ3v) is 5.84. The molecule has 4 rings (SSSR count). The predicted octanol–water partition coefficient (Wildman–Crippen LogP) is 3.86. The number of hydrogen-bond acceptors (Lipinski definition) is 7. The first-order chi connectivity index (χ1) is 12.7. The molecule has 1 aliphatic rings. The minimum Gasteiger partial charge on any atom is -0.357 e. The number of rotatable bonds is 3. The van der Waals surface area contributed by atoms with Crippen LogP contribution >= 0.6 is 11.3 Å². The van der Waals surface area contributed by atoms with Gasteiger partial charge in [-0.25, -0.2) is 9.97 Å². The van der Waals surface area contributed by atoms with Gasteiger partial charge >= 0.3 is 5.69 Å². The first kappa shape index (κ1) is 16.4. The Bertz CT molecular complexity index is 985. The van der Waals surface area contributed by atoms with E-state index in [1.54, 1.807) is 17.4 Å². The first-order valence-electron chi connectivity index (χ1n) is 8.31. The van der Waals surface area contributed by atoms with E-state index in [-0.39, 0.29) is 11.4 Å². The molecule has 0 unspecified atom stereocenters. The van der Waals surface area contributed by atoms with Crippen molar-refractivity contribution in [3.8, 4) is 6.07 Å². The van der Waals surface area contributed by atoms with Gasteiger partial charge in [0.05, 0.1) is 20.1 Å². The molecule has 3 aromatic rings. The molecule has 7 nitrogen and oxygen atoms in total. The van der Waals surface area contributed by atoms with E-state index >= 15 is 0 Å². The molecule has 1 aromatic carbocycles. The molecule has 8 heteroatoms. The molecule has 1 saturated heterocycles. The van der Waals surface area contributed by atoms with Gasteiger partial charge in [0.2, 0.25) is 5.69 Å². The van der Waals surface area contributed by atoms with Crippen molar-refractivity contribution in [2.45, 2.75) is 18.8 Å². The molecule has 3 heterocycles. The van der Waals surface area contributed by atoms with E-state index in [9.17, 15) is 10.1 Å². The van der Waals surface area contributed by atoms with Crippen molar-refractivity contribution >= 4 is 33.1 Å². The Kier molecular flexibility index (Phi) is 4.22. The Morgan fingerprint density at radius 2 is 1.96 bits per heavy atom. The monoisotopic (exact) mass is 365 g/mol. The van der Waals surface area contributed by atoms with E-state index in [1.165, 1.54) is 15.8 Å². The first-order valence-corrected chi connectivity index (χ1v) is 9.13. The molecule has 26 heavy (non-hydrogen) atoms. The van der Waals surface area contributed by atoms with Gasteiger partial charge in [-0.3, -0.25) is 10.1 Å². The standard InChI is InChI=1S/C18H15N5O2S/c19-11-14-15(23(24)25)5-6-17(20-14)22-9-7-12(8-10-22)18-21-13-3-1-2-4-16(13)26-18/h1-6,12H,7-10H2. The van der Waals surface area contributed by atoms with Gasteiger partial charge in [-0.05, 0) is 31.0 Å². The zero-order chi connectivity index (χ0) is 18.1. The molecule has 0 amide bonds. The van der Waals surface area contributed by atoms with Gasteiger partial charge in [-0.2, -0.15) is 5.26 Å². The van der Waals surface area contributed by atoms with Crippen LogP contribution in [0.15, 0.2) is 36.4 Å². The molecule has 1 aliphatic heterocycles. The molecule has 0 radical (unpaired) electrons. The fourth-order valence-electron chi connectivity index (χ4n) is 3.27. The van der Waals surface area contributed by atoms with Crippen molar-refractivity contribution in [3.63, 3.8) is 0 Å². The van der Waals surface area contributed by atoms with Crippen LogP contribution in [0.5, 0.6) is 0 Å². The maximum atomic E-state index is 10.9. The summed E-state index contributed by atoms with van der Waals surface area (Å²) in [5.41, 5.74) is 0.659. The highest BCUT2D eigenvalue weighted by Gasteiger charge is 2.25. The Balaban J connectivity index is 1.50.